The fourth-order valence-corrected chi connectivity index (χ4v) is 3.84. The Labute approximate surface area is 154 Å². The van der Waals surface area contributed by atoms with Gasteiger partial charge < -0.3 is 20.4 Å². The van der Waals surface area contributed by atoms with Crippen LogP contribution in [0.15, 0.2) is 10.9 Å². The molecule has 1 aliphatic heterocycles. The molecule has 25 heavy (non-hydrogen) atoms. The van der Waals surface area contributed by atoms with Crippen molar-refractivity contribution in [3.05, 3.63) is 33.2 Å². The van der Waals surface area contributed by atoms with E-state index >= 15 is 0 Å². The van der Waals surface area contributed by atoms with Crippen molar-refractivity contribution < 1.29 is 9.53 Å². The lowest BCUT2D eigenvalue weighted by atomic mass is 9.79. The van der Waals surface area contributed by atoms with Gasteiger partial charge in [0, 0.05) is 24.8 Å². The molecule has 0 spiro atoms. The summed E-state index contributed by atoms with van der Waals surface area (Å²) in [5.74, 6) is -0.279. The Balaban J connectivity index is 0.00000225. The van der Waals surface area contributed by atoms with Crippen molar-refractivity contribution in [3.8, 4) is 0 Å². The highest BCUT2D eigenvalue weighted by molar-refractivity contribution is 5.94. The minimum Gasteiger partial charge on any atom is -0.384 e. The molecule has 0 unspecified atom stereocenters. The Kier molecular flexibility index (Phi) is 7.04. The Morgan fingerprint density at radius 3 is 2.72 bits per heavy atom. The average molecular weight is 370 g/mol. The zero-order chi connectivity index (χ0) is 17.0. The number of pyridine rings is 1. The molecule has 7 heteroatoms. The number of carbonyl (C=O) groups is 1. The molecule has 2 aliphatic rings. The Morgan fingerprint density at radius 2 is 2.00 bits per heavy atom. The second-order valence-corrected chi connectivity index (χ2v) is 7.09. The predicted molar refractivity (Wildman–Crippen MR) is 99.7 cm³/mol. The van der Waals surface area contributed by atoms with Crippen LogP contribution in [0.2, 0.25) is 0 Å². The minimum absolute atomic E-state index is 0. The second-order valence-electron chi connectivity index (χ2n) is 7.09. The van der Waals surface area contributed by atoms with Crippen molar-refractivity contribution in [2.75, 3.05) is 33.4 Å². The zero-order valence-corrected chi connectivity index (χ0v) is 15.6. The normalized spacial score (nSPS) is 18.8. The first-order valence-corrected chi connectivity index (χ1v) is 8.86. The third-order valence-corrected chi connectivity index (χ3v) is 5.32. The Hall–Kier alpha value is -1.37. The highest BCUT2D eigenvalue weighted by Crippen LogP contribution is 2.28. The van der Waals surface area contributed by atoms with Crippen molar-refractivity contribution in [1.82, 2.24) is 15.6 Å². The van der Waals surface area contributed by atoms with E-state index in [-0.39, 0.29) is 34.9 Å². The second kappa shape index (κ2) is 8.83. The number of aryl methyl sites for hydroxylation is 2. The van der Waals surface area contributed by atoms with E-state index < -0.39 is 0 Å². The number of amides is 1. The number of methoxy groups -OCH3 is 1. The van der Waals surface area contributed by atoms with Crippen LogP contribution >= 0.6 is 12.4 Å². The van der Waals surface area contributed by atoms with Crippen molar-refractivity contribution in [3.63, 3.8) is 0 Å². The van der Waals surface area contributed by atoms with Gasteiger partial charge in [-0.05, 0) is 63.2 Å². The number of ether oxygens (including phenoxy) is 1. The molecular formula is C18H28ClN3O3. The van der Waals surface area contributed by atoms with Crippen molar-refractivity contribution in [2.45, 2.75) is 38.5 Å². The van der Waals surface area contributed by atoms with E-state index in [1.165, 1.54) is 0 Å². The topological polar surface area (TPSA) is 83.2 Å². The highest BCUT2D eigenvalue weighted by Gasteiger charge is 2.32. The standard InChI is InChI=1S/C18H27N3O3.ClH/c1-24-12-18(6-8-19-9-7-18)11-20-16(22)14-10-13-4-2-3-5-15(13)21-17(14)23;/h10,19H,2-9,11-12H2,1H3,(H,20,22)(H,21,23);1H. The maximum absolute atomic E-state index is 12.6. The number of halogens is 1. The van der Waals surface area contributed by atoms with E-state index in [4.69, 9.17) is 4.74 Å². The average Bonchev–Trinajstić information content (AvgIpc) is 2.60. The quantitative estimate of drug-likeness (QED) is 0.733. The molecule has 0 aromatic carbocycles. The summed E-state index contributed by atoms with van der Waals surface area (Å²) in [7, 11) is 1.69. The summed E-state index contributed by atoms with van der Waals surface area (Å²) in [4.78, 5) is 27.7. The molecule has 3 N–H and O–H groups in total. The van der Waals surface area contributed by atoms with Gasteiger partial charge in [-0.1, -0.05) is 0 Å². The van der Waals surface area contributed by atoms with Gasteiger partial charge in [0.05, 0.1) is 6.61 Å². The van der Waals surface area contributed by atoms with Crippen LogP contribution < -0.4 is 16.2 Å². The number of H-pyrrole nitrogens is 1. The first-order chi connectivity index (χ1) is 11.6. The van der Waals surface area contributed by atoms with Gasteiger partial charge in [0.25, 0.3) is 11.5 Å². The molecule has 1 aliphatic carbocycles. The lowest BCUT2D eigenvalue weighted by Crippen LogP contribution is -2.47. The molecule has 1 amide bonds. The van der Waals surface area contributed by atoms with Crippen LogP contribution in [-0.2, 0) is 17.6 Å². The molecule has 0 atom stereocenters. The smallest absolute Gasteiger partial charge is 0.261 e. The number of aromatic nitrogens is 1. The van der Waals surface area contributed by atoms with Gasteiger partial charge in [-0.25, -0.2) is 0 Å². The summed E-state index contributed by atoms with van der Waals surface area (Å²) < 4.78 is 5.37. The zero-order valence-electron chi connectivity index (χ0n) is 14.8. The van der Waals surface area contributed by atoms with Crippen LogP contribution in [0.3, 0.4) is 0 Å². The van der Waals surface area contributed by atoms with Gasteiger partial charge >= 0.3 is 0 Å². The molecule has 2 heterocycles. The van der Waals surface area contributed by atoms with E-state index in [2.05, 4.69) is 15.6 Å². The summed E-state index contributed by atoms with van der Waals surface area (Å²) in [6.45, 7) is 3.02. The van der Waals surface area contributed by atoms with Gasteiger partial charge in [0.2, 0.25) is 0 Å². The van der Waals surface area contributed by atoms with Gasteiger partial charge in [-0.15, -0.1) is 12.4 Å². The molecule has 0 radical (unpaired) electrons. The first-order valence-electron chi connectivity index (χ1n) is 8.86. The van der Waals surface area contributed by atoms with Gasteiger partial charge in [0.15, 0.2) is 0 Å². The number of carbonyl (C=O) groups excluding carboxylic acids is 1. The number of hydrogen-bond donors (Lipinski definition) is 3. The molecular weight excluding hydrogens is 342 g/mol. The fraction of sp³-hybridized carbons (Fsp3) is 0.667. The van der Waals surface area contributed by atoms with Gasteiger partial charge in [0.1, 0.15) is 5.56 Å². The number of aromatic amines is 1. The third-order valence-electron chi connectivity index (χ3n) is 5.32. The molecule has 1 aromatic heterocycles. The van der Waals surface area contributed by atoms with Crippen LogP contribution in [0.4, 0.5) is 0 Å². The molecule has 6 nitrogen and oxygen atoms in total. The van der Waals surface area contributed by atoms with Crippen molar-refractivity contribution in [1.29, 1.82) is 0 Å². The SMILES string of the molecule is COCC1(CNC(=O)c2cc3c([nH]c2=O)CCCC3)CCNCC1.Cl. The minimum atomic E-state index is -0.279. The van der Waals surface area contributed by atoms with E-state index in [1.54, 1.807) is 13.2 Å². The number of nitrogens with one attached hydrogen (secondary N) is 3. The summed E-state index contributed by atoms with van der Waals surface area (Å²) >= 11 is 0. The van der Waals surface area contributed by atoms with Crippen LogP contribution in [0.25, 0.3) is 0 Å². The van der Waals surface area contributed by atoms with Gasteiger partial charge in [-0.2, -0.15) is 0 Å². The molecule has 3 rings (SSSR count). The van der Waals surface area contributed by atoms with Gasteiger partial charge in [-0.3, -0.25) is 9.59 Å². The third kappa shape index (κ3) is 4.63. The molecule has 0 saturated carbocycles. The molecule has 1 saturated heterocycles. The van der Waals surface area contributed by atoms with E-state index in [0.29, 0.717) is 13.2 Å². The van der Waals surface area contributed by atoms with Crippen LogP contribution in [0.5, 0.6) is 0 Å². The molecule has 1 aromatic rings. The van der Waals surface area contributed by atoms with E-state index in [0.717, 1.165) is 62.9 Å². The molecule has 140 valence electrons. The number of piperidine rings is 1. The van der Waals surface area contributed by atoms with E-state index in [9.17, 15) is 9.59 Å². The summed E-state index contributed by atoms with van der Waals surface area (Å²) in [5, 5.41) is 6.31. The lowest BCUT2D eigenvalue weighted by Gasteiger charge is -2.37. The van der Waals surface area contributed by atoms with Crippen LogP contribution in [0, 0.1) is 5.41 Å². The highest BCUT2D eigenvalue weighted by atomic mass is 35.5. The Morgan fingerprint density at radius 1 is 1.28 bits per heavy atom. The summed E-state index contributed by atoms with van der Waals surface area (Å²) in [6, 6.07) is 1.79. The van der Waals surface area contributed by atoms with Crippen LogP contribution in [0.1, 0.15) is 47.3 Å². The van der Waals surface area contributed by atoms with Crippen molar-refractivity contribution >= 4 is 18.3 Å². The fourth-order valence-electron chi connectivity index (χ4n) is 3.84. The summed E-state index contributed by atoms with van der Waals surface area (Å²) in [5.41, 5.74) is 2.02. The van der Waals surface area contributed by atoms with Crippen molar-refractivity contribution in [2.24, 2.45) is 5.41 Å². The Bertz CT molecular complexity index is 648. The maximum atomic E-state index is 12.6. The van der Waals surface area contributed by atoms with E-state index in [1.807, 2.05) is 0 Å². The van der Waals surface area contributed by atoms with Crippen LogP contribution in [-0.4, -0.2) is 44.2 Å². The molecule has 1 fully saturated rings. The number of hydrogen-bond acceptors (Lipinski definition) is 4. The monoisotopic (exact) mass is 369 g/mol. The maximum Gasteiger partial charge on any atom is 0.261 e. The lowest BCUT2D eigenvalue weighted by molar-refractivity contribution is 0.0511. The molecule has 0 bridgehead atoms. The first kappa shape index (κ1) is 19.9. The summed E-state index contributed by atoms with van der Waals surface area (Å²) in [6.07, 6.45) is 5.97. The number of fused-ring (bicyclic) bond motifs is 1. The number of rotatable bonds is 5. The predicted octanol–water partition coefficient (Wildman–Crippen LogP) is 1.42. The largest absolute Gasteiger partial charge is 0.384 e.